The maximum absolute atomic E-state index is 5.88. The molecular weight excluding hydrogens is 328 g/mol. The van der Waals surface area contributed by atoms with E-state index < -0.39 is 0 Å². The topological polar surface area (TPSA) is 38.5 Å². The number of nitrogens with zero attached hydrogens (tertiary/aromatic N) is 1. The lowest BCUT2D eigenvalue weighted by molar-refractivity contribution is 0.0102. The van der Waals surface area contributed by atoms with Crippen LogP contribution in [0.25, 0.3) is 0 Å². The molecule has 0 aliphatic carbocycles. The summed E-state index contributed by atoms with van der Waals surface area (Å²) in [4.78, 5) is 2.47. The van der Waals surface area contributed by atoms with Gasteiger partial charge in [-0.3, -0.25) is 4.90 Å². The van der Waals surface area contributed by atoms with Gasteiger partial charge in [0.15, 0.2) is 0 Å². The van der Waals surface area contributed by atoms with Crippen LogP contribution < -0.4 is 5.73 Å². The second kappa shape index (κ2) is 8.22. The van der Waals surface area contributed by atoms with Crippen molar-refractivity contribution in [3.05, 3.63) is 34.3 Å². The molecule has 2 unspecified atom stereocenters. The summed E-state index contributed by atoms with van der Waals surface area (Å²) >= 11 is 3.46. The van der Waals surface area contributed by atoms with Crippen LogP contribution in [0.4, 0.5) is 0 Å². The Bertz CT molecular complexity index is 374. The molecule has 2 N–H and O–H groups in total. The third-order valence-electron chi connectivity index (χ3n) is 3.69. The van der Waals surface area contributed by atoms with E-state index in [-0.39, 0.29) is 12.4 Å². The van der Waals surface area contributed by atoms with Gasteiger partial charge >= 0.3 is 0 Å². The summed E-state index contributed by atoms with van der Waals surface area (Å²) in [5.74, 6) is 0. The second-order valence-corrected chi connectivity index (χ2v) is 5.78. The van der Waals surface area contributed by atoms with Crippen LogP contribution in [-0.4, -0.2) is 37.2 Å². The molecule has 1 saturated heterocycles. The number of hydrogen-bond donors (Lipinski definition) is 1. The molecule has 0 amide bonds. The van der Waals surface area contributed by atoms with Crippen LogP contribution in [0.5, 0.6) is 0 Å². The Labute approximate surface area is 130 Å². The maximum Gasteiger partial charge on any atom is 0.0599 e. The largest absolute Gasteiger partial charge is 0.381 e. The number of halogens is 2. The SMILES string of the molecule is COC1CCN(Cc2ccc(Br)cc2)C(CN)C1.Cl. The fraction of sp³-hybridized carbons (Fsp3) is 0.571. The first-order valence-corrected chi connectivity index (χ1v) is 7.23. The maximum atomic E-state index is 5.88. The van der Waals surface area contributed by atoms with Crippen molar-refractivity contribution >= 4 is 28.3 Å². The number of benzene rings is 1. The molecule has 1 aromatic rings. The zero-order valence-electron chi connectivity index (χ0n) is 11.2. The molecule has 0 bridgehead atoms. The smallest absolute Gasteiger partial charge is 0.0599 e. The fourth-order valence-electron chi connectivity index (χ4n) is 2.55. The number of piperidine rings is 1. The van der Waals surface area contributed by atoms with Crippen LogP contribution in [0.15, 0.2) is 28.7 Å². The minimum absolute atomic E-state index is 0. The van der Waals surface area contributed by atoms with Gasteiger partial charge in [0.2, 0.25) is 0 Å². The number of nitrogens with two attached hydrogens (primary N) is 1. The molecule has 2 rings (SSSR count). The summed E-state index contributed by atoms with van der Waals surface area (Å²) in [5, 5.41) is 0. The highest BCUT2D eigenvalue weighted by atomic mass is 79.9. The number of rotatable bonds is 4. The van der Waals surface area contributed by atoms with Crippen molar-refractivity contribution in [3.63, 3.8) is 0 Å². The van der Waals surface area contributed by atoms with E-state index in [4.69, 9.17) is 10.5 Å². The first-order chi connectivity index (χ1) is 8.72. The zero-order valence-corrected chi connectivity index (χ0v) is 13.6. The normalized spacial score (nSPS) is 23.9. The molecule has 0 saturated carbocycles. The van der Waals surface area contributed by atoms with Crippen molar-refractivity contribution in [3.8, 4) is 0 Å². The number of hydrogen-bond acceptors (Lipinski definition) is 3. The lowest BCUT2D eigenvalue weighted by atomic mass is 9.98. The van der Waals surface area contributed by atoms with Crippen molar-refractivity contribution in [1.29, 1.82) is 0 Å². The minimum Gasteiger partial charge on any atom is -0.381 e. The van der Waals surface area contributed by atoms with Crippen LogP contribution in [0.2, 0.25) is 0 Å². The molecule has 19 heavy (non-hydrogen) atoms. The lowest BCUT2D eigenvalue weighted by Crippen LogP contribution is -2.47. The molecule has 0 aromatic heterocycles. The van der Waals surface area contributed by atoms with E-state index in [1.54, 1.807) is 7.11 Å². The Kier molecular flexibility index (Phi) is 7.32. The van der Waals surface area contributed by atoms with E-state index in [9.17, 15) is 0 Å². The van der Waals surface area contributed by atoms with Gasteiger partial charge in [0.1, 0.15) is 0 Å². The highest BCUT2D eigenvalue weighted by Gasteiger charge is 2.27. The molecule has 2 atom stereocenters. The zero-order chi connectivity index (χ0) is 13.0. The molecule has 1 fully saturated rings. The molecule has 5 heteroatoms. The Morgan fingerprint density at radius 2 is 2.05 bits per heavy atom. The highest BCUT2D eigenvalue weighted by molar-refractivity contribution is 9.10. The molecule has 108 valence electrons. The van der Waals surface area contributed by atoms with E-state index >= 15 is 0 Å². The van der Waals surface area contributed by atoms with Crippen LogP contribution >= 0.6 is 28.3 Å². The summed E-state index contributed by atoms with van der Waals surface area (Å²) in [7, 11) is 1.79. The Hall–Kier alpha value is -0.130. The predicted molar refractivity (Wildman–Crippen MR) is 84.7 cm³/mol. The van der Waals surface area contributed by atoms with Crippen molar-refractivity contribution in [1.82, 2.24) is 4.90 Å². The Morgan fingerprint density at radius 3 is 2.63 bits per heavy atom. The third kappa shape index (κ3) is 4.72. The van der Waals surface area contributed by atoms with Gasteiger partial charge in [-0.05, 0) is 30.5 Å². The molecule has 1 heterocycles. The summed E-state index contributed by atoms with van der Waals surface area (Å²) in [6.45, 7) is 2.75. The summed E-state index contributed by atoms with van der Waals surface area (Å²) in [6, 6.07) is 8.95. The molecular formula is C14H22BrClN2O. The minimum atomic E-state index is 0. The van der Waals surface area contributed by atoms with Crippen molar-refractivity contribution < 1.29 is 4.74 Å². The van der Waals surface area contributed by atoms with E-state index in [1.165, 1.54) is 5.56 Å². The van der Waals surface area contributed by atoms with Crippen molar-refractivity contribution in [2.75, 3.05) is 20.2 Å². The third-order valence-corrected chi connectivity index (χ3v) is 4.22. The Balaban J connectivity index is 0.00000180. The number of methoxy groups -OCH3 is 1. The van der Waals surface area contributed by atoms with E-state index in [1.807, 2.05) is 0 Å². The van der Waals surface area contributed by atoms with Crippen molar-refractivity contribution in [2.24, 2.45) is 5.73 Å². The van der Waals surface area contributed by atoms with E-state index in [0.717, 1.165) is 30.4 Å². The quantitative estimate of drug-likeness (QED) is 0.908. The average molecular weight is 350 g/mol. The van der Waals surface area contributed by atoms with Gasteiger partial charge in [0.05, 0.1) is 6.10 Å². The van der Waals surface area contributed by atoms with Gasteiger partial charge in [-0.15, -0.1) is 12.4 Å². The van der Waals surface area contributed by atoms with Crippen molar-refractivity contribution in [2.45, 2.75) is 31.5 Å². The van der Waals surface area contributed by atoms with Crippen LogP contribution in [-0.2, 0) is 11.3 Å². The Morgan fingerprint density at radius 1 is 1.37 bits per heavy atom. The molecule has 0 spiro atoms. The van der Waals surface area contributed by atoms with Gasteiger partial charge in [-0.2, -0.15) is 0 Å². The molecule has 1 aliphatic heterocycles. The van der Waals surface area contributed by atoms with Gasteiger partial charge in [0.25, 0.3) is 0 Å². The second-order valence-electron chi connectivity index (χ2n) is 4.87. The lowest BCUT2D eigenvalue weighted by Gasteiger charge is -2.38. The van der Waals surface area contributed by atoms with Gasteiger partial charge in [-0.25, -0.2) is 0 Å². The average Bonchev–Trinajstić information content (AvgIpc) is 2.41. The molecule has 3 nitrogen and oxygen atoms in total. The summed E-state index contributed by atoms with van der Waals surface area (Å²) in [5.41, 5.74) is 7.22. The molecule has 1 aromatic carbocycles. The number of ether oxygens (including phenoxy) is 1. The van der Waals surface area contributed by atoms with Crippen LogP contribution in [0, 0.1) is 0 Å². The highest BCUT2D eigenvalue weighted by Crippen LogP contribution is 2.21. The molecule has 1 aliphatic rings. The van der Waals surface area contributed by atoms with Crippen LogP contribution in [0.1, 0.15) is 18.4 Å². The van der Waals surface area contributed by atoms with Gasteiger partial charge in [-0.1, -0.05) is 28.1 Å². The standard InChI is InChI=1S/C14H21BrN2O.ClH/c1-18-14-6-7-17(13(8-14)9-16)10-11-2-4-12(15)5-3-11;/h2-5,13-14H,6-10,16H2,1H3;1H. The molecule has 0 radical (unpaired) electrons. The monoisotopic (exact) mass is 348 g/mol. The van der Waals surface area contributed by atoms with Gasteiger partial charge < -0.3 is 10.5 Å². The predicted octanol–water partition coefficient (Wildman–Crippen LogP) is 2.81. The summed E-state index contributed by atoms with van der Waals surface area (Å²) < 4.78 is 6.57. The van der Waals surface area contributed by atoms with E-state index in [0.29, 0.717) is 18.7 Å². The van der Waals surface area contributed by atoms with Gasteiger partial charge in [0, 0.05) is 37.3 Å². The first kappa shape index (κ1) is 16.9. The van der Waals surface area contributed by atoms with Crippen LogP contribution in [0.3, 0.4) is 0 Å². The first-order valence-electron chi connectivity index (χ1n) is 6.44. The summed E-state index contributed by atoms with van der Waals surface area (Å²) in [6.07, 6.45) is 2.52. The van der Waals surface area contributed by atoms with E-state index in [2.05, 4.69) is 45.1 Å². The number of likely N-dealkylation sites (tertiary alicyclic amines) is 1. The fourth-order valence-corrected chi connectivity index (χ4v) is 2.82.